The second-order valence-electron chi connectivity index (χ2n) is 15.0. The maximum Gasteiger partial charge on any atom is 0.508 e. The number of likely N-dealkylation sites (N-methyl/N-ethyl adjacent to an activating group) is 1. The van der Waals surface area contributed by atoms with Gasteiger partial charge in [0.15, 0.2) is 0 Å². The van der Waals surface area contributed by atoms with Gasteiger partial charge in [0, 0.05) is 26.2 Å². The largest absolute Gasteiger partial charge is 0.508 e. The summed E-state index contributed by atoms with van der Waals surface area (Å²) >= 11 is 0. The minimum atomic E-state index is -0.540. The van der Waals surface area contributed by atoms with Crippen LogP contribution in [0.4, 0.5) is 4.79 Å². The molecule has 0 atom stereocenters. The molecule has 1 N–H and O–H groups in total. The van der Waals surface area contributed by atoms with E-state index in [-0.39, 0.29) is 19.3 Å². The van der Waals surface area contributed by atoms with Gasteiger partial charge in [-0.2, -0.15) is 0 Å². The predicted molar refractivity (Wildman–Crippen MR) is 226 cm³/mol. The molecule has 0 aliphatic rings. The van der Waals surface area contributed by atoms with Crippen LogP contribution < -0.4 is 0 Å². The highest BCUT2D eigenvalue weighted by Gasteiger charge is 2.16. The number of hydrogen-bond donors (Lipinski definition) is 1. The van der Waals surface area contributed by atoms with Gasteiger partial charge < -0.3 is 19.5 Å². The third kappa shape index (κ3) is 39.3. The number of carbonyl (C=O) groups excluding carboxylic acids is 1. The fourth-order valence-corrected chi connectivity index (χ4v) is 6.23. The zero-order chi connectivity index (χ0) is 38.0. The van der Waals surface area contributed by atoms with E-state index in [1.165, 1.54) is 128 Å². The van der Waals surface area contributed by atoms with Crippen LogP contribution in [0.15, 0.2) is 48.6 Å². The lowest BCUT2D eigenvalue weighted by atomic mass is 10.0. The molecule has 6 nitrogen and oxygen atoms in total. The van der Waals surface area contributed by atoms with Crippen LogP contribution >= 0.6 is 0 Å². The molecule has 0 bridgehead atoms. The van der Waals surface area contributed by atoms with E-state index in [0.717, 1.165) is 51.6 Å². The standard InChI is InChI=1S/C46H86N2O4/c1-5-7-9-11-13-15-17-19-21-23-25-27-29-31-33-35-37-45(52-46(50)51-44-42-48(41-43-49)40-39-47(3)4)38-36-34-32-30-28-26-24-22-20-18-16-14-12-10-8-6-2/h13-16,19-22,45,49H,5-12,17-18,23-44H2,1-4H3/b15-13-,16-14-,21-19-,22-20-. The number of aliphatic hydroxyl groups excluding tert-OH is 1. The molecule has 0 rings (SSSR count). The van der Waals surface area contributed by atoms with Gasteiger partial charge in [-0.1, -0.05) is 140 Å². The quantitative estimate of drug-likeness (QED) is 0.0386. The zero-order valence-electron chi connectivity index (χ0n) is 34.9. The van der Waals surface area contributed by atoms with E-state index in [9.17, 15) is 9.90 Å². The van der Waals surface area contributed by atoms with Gasteiger partial charge in [-0.3, -0.25) is 4.90 Å². The van der Waals surface area contributed by atoms with Gasteiger partial charge in [-0.05, 0) is 104 Å². The van der Waals surface area contributed by atoms with Crippen LogP contribution in [0, 0.1) is 0 Å². The molecule has 0 fully saturated rings. The van der Waals surface area contributed by atoms with Crippen LogP contribution in [-0.4, -0.2) is 80.7 Å². The van der Waals surface area contributed by atoms with Crippen molar-refractivity contribution in [2.75, 3.05) is 53.5 Å². The molecule has 0 aromatic carbocycles. The topological polar surface area (TPSA) is 62.2 Å². The van der Waals surface area contributed by atoms with Crippen molar-refractivity contribution in [2.24, 2.45) is 0 Å². The summed E-state index contributed by atoms with van der Waals surface area (Å²) in [5, 5.41) is 9.41. The molecule has 0 radical (unpaired) electrons. The lowest BCUT2D eigenvalue weighted by molar-refractivity contribution is 0.0111. The first-order valence-electron chi connectivity index (χ1n) is 21.9. The van der Waals surface area contributed by atoms with Gasteiger partial charge >= 0.3 is 6.16 Å². The van der Waals surface area contributed by atoms with Gasteiger partial charge in [0.1, 0.15) is 12.7 Å². The highest BCUT2D eigenvalue weighted by molar-refractivity contribution is 5.60. The number of aliphatic hydroxyl groups is 1. The normalized spacial score (nSPS) is 12.4. The highest BCUT2D eigenvalue weighted by Crippen LogP contribution is 2.18. The molecule has 52 heavy (non-hydrogen) atoms. The zero-order valence-corrected chi connectivity index (χ0v) is 34.9. The van der Waals surface area contributed by atoms with E-state index in [4.69, 9.17) is 9.47 Å². The molecule has 0 heterocycles. The van der Waals surface area contributed by atoms with Crippen LogP contribution in [-0.2, 0) is 9.47 Å². The highest BCUT2D eigenvalue weighted by atomic mass is 16.7. The van der Waals surface area contributed by atoms with E-state index in [0.29, 0.717) is 13.1 Å². The Bertz CT molecular complexity index is 805. The number of ether oxygens (including phenoxy) is 2. The van der Waals surface area contributed by atoms with E-state index in [1.54, 1.807) is 0 Å². The van der Waals surface area contributed by atoms with Gasteiger partial charge in [-0.25, -0.2) is 4.79 Å². The average Bonchev–Trinajstić information content (AvgIpc) is 3.13. The van der Waals surface area contributed by atoms with Gasteiger partial charge in [0.05, 0.1) is 6.61 Å². The van der Waals surface area contributed by atoms with Gasteiger partial charge in [0.25, 0.3) is 0 Å². The van der Waals surface area contributed by atoms with Gasteiger partial charge in [-0.15, -0.1) is 0 Å². The first kappa shape index (κ1) is 50.1. The molecule has 0 aromatic heterocycles. The summed E-state index contributed by atoms with van der Waals surface area (Å²) < 4.78 is 11.4. The Hall–Kier alpha value is -1.89. The molecule has 6 heteroatoms. The molecule has 0 aromatic rings. The van der Waals surface area contributed by atoms with E-state index < -0.39 is 6.16 Å². The lowest BCUT2D eigenvalue weighted by Gasteiger charge is -2.23. The van der Waals surface area contributed by atoms with E-state index in [2.05, 4.69) is 72.3 Å². The van der Waals surface area contributed by atoms with Crippen molar-refractivity contribution < 1.29 is 19.4 Å². The van der Waals surface area contributed by atoms with Crippen molar-refractivity contribution in [3.05, 3.63) is 48.6 Å². The van der Waals surface area contributed by atoms with Crippen molar-refractivity contribution in [3.63, 3.8) is 0 Å². The minimum absolute atomic E-state index is 0.0635. The maximum absolute atomic E-state index is 12.7. The third-order valence-electron chi connectivity index (χ3n) is 9.62. The number of carbonyl (C=O) groups is 1. The second kappa shape index (κ2) is 41.9. The number of nitrogens with zero attached hydrogens (tertiary/aromatic N) is 2. The summed E-state index contributed by atoms with van der Waals surface area (Å²) in [7, 11) is 4.07. The van der Waals surface area contributed by atoms with Crippen molar-refractivity contribution in [1.82, 2.24) is 9.80 Å². The summed E-state index contributed by atoms with van der Waals surface area (Å²) in [6, 6.07) is 0. The molecule has 0 saturated carbocycles. The molecular weight excluding hydrogens is 645 g/mol. The molecule has 0 amide bonds. The van der Waals surface area contributed by atoms with Crippen LogP contribution in [0.1, 0.15) is 181 Å². The summed E-state index contributed by atoms with van der Waals surface area (Å²) in [4.78, 5) is 16.9. The van der Waals surface area contributed by atoms with E-state index in [1.807, 2.05) is 14.1 Å². The van der Waals surface area contributed by atoms with Crippen LogP contribution in [0.25, 0.3) is 0 Å². The minimum Gasteiger partial charge on any atom is -0.433 e. The first-order chi connectivity index (χ1) is 25.5. The van der Waals surface area contributed by atoms with Crippen molar-refractivity contribution in [2.45, 2.75) is 187 Å². The summed E-state index contributed by atoms with van der Waals surface area (Å²) in [6.45, 7) is 7.81. The number of hydrogen-bond acceptors (Lipinski definition) is 6. The number of unbranched alkanes of at least 4 members (excludes halogenated alkanes) is 18. The van der Waals surface area contributed by atoms with Crippen molar-refractivity contribution >= 4 is 6.16 Å². The van der Waals surface area contributed by atoms with Crippen molar-refractivity contribution in [1.29, 1.82) is 0 Å². The maximum atomic E-state index is 12.7. The Morgan fingerprint density at radius 1 is 0.538 bits per heavy atom. The predicted octanol–water partition coefficient (Wildman–Crippen LogP) is 12.8. The Morgan fingerprint density at radius 3 is 1.38 bits per heavy atom. The second-order valence-corrected chi connectivity index (χ2v) is 15.0. The van der Waals surface area contributed by atoms with Crippen LogP contribution in [0.5, 0.6) is 0 Å². The third-order valence-corrected chi connectivity index (χ3v) is 9.62. The molecule has 304 valence electrons. The SMILES string of the molecule is CCCCC/C=C\C/C=C\CCCCCCCCC(CCCCCCCC/C=C\C/C=C\CCCCC)OC(=O)OCCN(CCO)CCN(C)C. The molecule has 0 saturated heterocycles. The van der Waals surface area contributed by atoms with Gasteiger partial charge in [0.2, 0.25) is 0 Å². The summed E-state index contributed by atoms with van der Waals surface area (Å²) in [5.74, 6) is 0. The molecule has 0 spiro atoms. The monoisotopic (exact) mass is 731 g/mol. The first-order valence-corrected chi connectivity index (χ1v) is 21.9. The summed E-state index contributed by atoms with van der Waals surface area (Å²) in [5.41, 5.74) is 0. The van der Waals surface area contributed by atoms with Crippen LogP contribution in [0.2, 0.25) is 0 Å². The smallest absolute Gasteiger partial charge is 0.433 e. The lowest BCUT2D eigenvalue weighted by Crippen LogP contribution is -2.36. The Balaban J connectivity index is 4.34. The fourth-order valence-electron chi connectivity index (χ4n) is 6.23. The van der Waals surface area contributed by atoms with Crippen LogP contribution in [0.3, 0.4) is 0 Å². The molecule has 0 aliphatic carbocycles. The average molecular weight is 731 g/mol. The molecule has 0 unspecified atom stereocenters. The molecular formula is C46H86N2O4. The number of rotatable bonds is 39. The Morgan fingerprint density at radius 2 is 0.962 bits per heavy atom. The fraction of sp³-hybridized carbons (Fsp3) is 0.804. The van der Waals surface area contributed by atoms with Crippen molar-refractivity contribution in [3.8, 4) is 0 Å². The molecule has 0 aliphatic heterocycles. The Kier molecular flexibility index (Phi) is 40.3. The Labute approximate surface area is 323 Å². The summed E-state index contributed by atoms with van der Waals surface area (Å²) in [6.07, 6.45) is 49.4. The van der Waals surface area contributed by atoms with E-state index >= 15 is 0 Å². The number of allylic oxidation sites excluding steroid dienone is 8.